The second-order valence-electron chi connectivity index (χ2n) is 5.41. The summed E-state index contributed by atoms with van der Waals surface area (Å²) in [4.78, 5) is 6.71. The van der Waals surface area contributed by atoms with E-state index in [-0.39, 0.29) is 0 Å². The van der Waals surface area contributed by atoms with Gasteiger partial charge in [-0.1, -0.05) is 30.7 Å². The number of nitrogens with one attached hydrogen (secondary N) is 1. The molecule has 0 unspecified atom stereocenters. The minimum absolute atomic E-state index is 0.918. The summed E-state index contributed by atoms with van der Waals surface area (Å²) >= 11 is 0. The predicted molar refractivity (Wildman–Crippen MR) is 89.8 cm³/mol. The van der Waals surface area contributed by atoms with Gasteiger partial charge in [-0.3, -0.25) is 4.98 Å². The Hall–Kier alpha value is -1.87. The Balaban J connectivity index is 2.05. The van der Waals surface area contributed by atoms with Crippen molar-refractivity contribution in [3.63, 3.8) is 0 Å². The van der Waals surface area contributed by atoms with Crippen LogP contribution in [0, 0.1) is 6.92 Å². The number of pyridine rings is 1. The third-order valence-electron chi connectivity index (χ3n) is 3.64. The fourth-order valence-corrected chi connectivity index (χ4v) is 2.44. The van der Waals surface area contributed by atoms with E-state index in [1.54, 1.807) is 0 Å². The Labute approximate surface area is 128 Å². The SMILES string of the molecule is CCNCc1cc(C)ccc1N(C)CCc1ccccn1. The van der Waals surface area contributed by atoms with Crippen molar-refractivity contribution >= 4 is 5.69 Å². The molecule has 1 aromatic carbocycles. The molecule has 1 N–H and O–H groups in total. The molecule has 3 heteroatoms. The summed E-state index contributed by atoms with van der Waals surface area (Å²) in [5, 5.41) is 3.42. The van der Waals surface area contributed by atoms with Crippen LogP contribution in [0.5, 0.6) is 0 Å². The maximum Gasteiger partial charge on any atom is 0.0421 e. The van der Waals surface area contributed by atoms with Crippen molar-refractivity contribution in [2.24, 2.45) is 0 Å². The number of anilines is 1. The highest BCUT2D eigenvalue weighted by molar-refractivity contribution is 5.54. The Morgan fingerprint density at radius 3 is 2.76 bits per heavy atom. The highest BCUT2D eigenvalue weighted by Crippen LogP contribution is 2.21. The maximum absolute atomic E-state index is 4.39. The summed E-state index contributed by atoms with van der Waals surface area (Å²) in [5.41, 5.74) is 5.12. The molecule has 0 aliphatic carbocycles. The van der Waals surface area contributed by atoms with E-state index in [2.05, 4.69) is 60.4 Å². The van der Waals surface area contributed by atoms with Crippen LogP contribution in [0.1, 0.15) is 23.7 Å². The number of rotatable bonds is 7. The fraction of sp³-hybridized carbons (Fsp3) is 0.389. The molecule has 2 rings (SSSR count). The number of benzene rings is 1. The van der Waals surface area contributed by atoms with E-state index in [1.165, 1.54) is 16.8 Å². The molecular formula is C18H25N3. The van der Waals surface area contributed by atoms with Crippen LogP contribution in [0.3, 0.4) is 0 Å². The molecular weight excluding hydrogens is 258 g/mol. The van der Waals surface area contributed by atoms with E-state index in [9.17, 15) is 0 Å². The molecule has 112 valence electrons. The molecule has 0 saturated carbocycles. The van der Waals surface area contributed by atoms with E-state index in [0.717, 1.165) is 31.7 Å². The standard InChI is InChI=1S/C18H25N3/c1-4-19-14-16-13-15(2)8-9-18(16)21(3)12-10-17-7-5-6-11-20-17/h5-9,11,13,19H,4,10,12,14H2,1-3H3. The van der Waals surface area contributed by atoms with Crippen molar-refractivity contribution < 1.29 is 0 Å². The molecule has 0 fully saturated rings. The number of aryl methyl sites for hydroxylation is 1. The van der Waals surface area contributed by atoms with Crippen LogP contribution in [0.2, 0.25) is 0 Å². The second-order valence-corrected chi connectivity index (χ2v) is 5.41. The van der Waals surface area contributed by atoms with Gasteiger partial charge in [0.15, 0.2) is 0 Å². The Bertz CT molecular complexity index is 552. The number of hydrogen-bond acceptors (Lipinski definition) is 3. The van der Waals surface area contributed by atoms with E-state index < -0.39 is 0 Å². The number of nitrogens with zero attached hydrogens (tertiary/aromatic N) is 2. The lowest BCUT2D eigenvalue weighted by Crippen LogP contribution is -2.23. The Morgan fingerprint density at radius 2 is 2.05 bits per heavy atom. The van der Waals surface area contributed by atoms with Gasteiger partial charge in [0.05, 0.1) is 0 Å². The topological polar surface area (TPSA) is 28.2 Å². The van der Waals surface area contributed by atoms with Crippen LogP contribution < -0.4 is 10.2 Å². The largest absolute Gasteiger partial charge is 0.374 e. The average Bonchev–Trinajstić information content (AvgIpc) is 2.51. The van der Waals surface area contributed by atoms with Crippen LogP contribution in [-0.2, 0) is 13.0 Å². The number of hydrogen-bond donors (Lipinski definition) is 1. The first-order valence-corrected chi connectivity index (χ1v) is 7.62. The molecule has 0 spiro atoms. The lowest BCUT2D eigenvalue weighted by Gasteiger charge is -2.23. The summed E-state index contributed by atoms with van der Waals surface area (Å²) in [6.45, 7) is 7.17. The van der Waals surface area contributed by atoms with E-state index >= 15 is 0 Å². The molecule has 21 heavy (non-hydrogen) atoms. The Kier molecular flexibility index (Phi) is 5.76. The molecule has 2 aromatic rings. The first-order valence-electron chi connectivity index (χ1n) is 7.62. The molecule has 0 amide bonds. The van der Waals surface area contributed by atoms with Crippen molar-refractivity contribution in [2.75, 3.05) is 25.0 Å². The number of likely N-dealkylation sites (N-methyl/N-ethyl adjacent to an activating group) is 1. The third kappa shape index (κ3) is 4.57. The van der Waals surface area contributed by atoms with Crippen LogP contribution in [-0.4, -0.2) is 25.1 Å². The number of aromatic nitrogens is 1. The van der Waals surface area contributed by atoms with Gasteiger partial charge < -0.3 is 10.2 Å². The van der Waals surface area contributed by atoms with Gasteiger partial charge >= 0.3 is 0 Å². The Morgan fingerprint density at radius 1 is 1.19 bits per heavy atom. The summed E-state index contributed by atoms with van der Waals surface area (Å²) in [7, 11) is 2.16. The molecule has 0 aliphatic heterocycles. The molecule has 0 saturated heterocycles. The molecule has 0 atom stereocenters. The predicted octanol–water partition coefficient (Wildman–Crippen LogP) is 3.18. The lowest BCUT2D eigenvalue weighted by molar-refractivity contribution is 0.722. The highest BCUT2D eigenvalue weighted by atomic mass is 15.1. The van der Waals surface area contributed by atoms with Gasteiger partial charge in [0.1, 0.15) is 0 Å². The zero-order valence-electron chi connectivity index (χ0n) is 13.3. The summed E-state index contributed by atoms with van der Waals surface area (Å²) < 4.78 is 0. The van der Waals surface area contributed by atoms with Crippen molar-refractivity contribution in [3.8, 4) is 0 Å². The van der Waals surface area contributed by atoms with Gasteiger partial charge in [0, 0.05) is 44.1 Å². The highest BCUT2D eigenvalue weighted by Gasteiger charge is 2.08. The zero-order valence-corrected chi connectivity index (χ0v) is 13.3. The molecule has 0 radical (unpaired) electrons. The van der Waals surface area contributed by atoms with Gasteiger partial charge in [-0.15, -0.1) is 0 Å². The molecule has 0 bridgehead atoms. The van der Waals surface area contributed by atoms with E-state index in [0.29, 0.717) is 0 Å². The van der Waals surface area contributed by atoms with Gasteiger partial charge in [0.2, 0.25) is 0 Å². The summed E-state index contributed by atoms with van der Waals surface area (Å²) in [6, 6.07) is 12.8. The molecule has 3 nitrogen and oxygen atoms in total. The fourth-order valence-electron chi connectivity index (χ4n) is 2.44. The third-order valence-corrected chi connectivity index (χ3v) is 3.64. The minimum atomic E-state index is 0.918. The van der Waals surface area contributed by atoms with E-state index in [1.807, 2.05) is 18.3 Å². The minimum Gasteiger partial charge on any atom is -0.374 e. The van der Waals surface area contributed by atoms with Gasteiger partial charge in [-0.2, -0.15) is 0 Å². The smallest absolute Gasteiger partial charge is 0.0421 e. The second kappa shape index (κ2) is 7.79. The average molecular weight is 283 g/mol. The summed E-state index contributed by atoms with van der Waals surface area (Å²) in [5.74, 6) is 0. The van der Waals surface area contributed by atoms with E-state index in [4.69, 9.17) is 0 Å². The molecule has 1 heterocycles. The van der Waals surface area contributed by atoms with Crippen molar-refractivity contribution in [1.29, 1.82) is 0 Å². The first-order chi connectivity index (χ1) is 10.2. The lowest BCUT2D eigenvalue weighted by atomic mass is 10.1. The van der Waals surface area contributed by atoms with Crippen molar-refractivity contribution in [1.82, 2.24) is 10.3 Å². The normalized spacial score (nSPS) is 10.6. The molecule has 1 aromatic heterocycles. The monoisotopic (exact) mass is 283 g/mol. The maximum atomic E-state index is 4.39. The quantitative estimate of drug-likeness (QED) is 0.846. The van der Waals surface area contributed by atoms with Crippen molar-refractivity contribution in [2.45, 2.75) is 26.8 Å². The van der Waals surface area contributed by atoms with Crippen LogP contribution >= 0.6 is 0 Å². The van der Waals surface area contributed by atoms with Crippen LogP contribution in [0.4, 0.5) is 5.69 Å². The van der Waals surface area contributed by atoms with Gasteiger partial charge in [-0.25, -0.2) is 0 Å². The van der Waals surface area contributed by atoms with Crippen LogP contribution in [0.25, 0.3) is 0 Å². The first kappa shape index (κ1) is 15.5. The van der Waals surface area contributed by atoms with Gasteiger partial charge in [-0.05, 0) is 37.2 Å². The zero-order chi connectivity index (χ0) is 15.1. The molecule has 0 aliphatic rings. The van der Waals surface area contributed by atoms with Crippen LogP contribution in [0.15, 0.2) is 42.6 Å². The summed E-state index contributed by atoms with van der Waals surface area (Å²) in [6.07, 6.45) is 2.82. The van der Waals surface area contributed by atoms with Crippen molar-refractivity contribution in [3.05, 3.63) is 59.4 Å². The van der Waals surface area contributed by atoms with Gasteiger partial charge in [0.25, 0.3) is 0 Å².